The second kappa shape index (κ2) is 11.5. The number of carbonyl (C=O) groups is 3. The van der Waals surface area contributed by atoms with Crippen molar-refractivity contribution in [3.05, 3.63) is 77.1 Å². The van der Waals surface area contributed by atoms with E-state index >= 15 is 0 Å². The van der Waals surface area contributed by atoms with E-state index in [9.17, 15) is 18.8 Å². The third kappa shape index (κ3) is 6.58. The van der Waals surface area contributed by atoms with E-state index in [1.54, 1.807) is 61.7 Å². The standard InChI is InChI=1S/C26H23FN4O5S/c1-15-3-8-18(27)19(13-15)31-26(34)30-16-4-6-17(7-5-16)36-21-9-11-28-20-14-22(37-24(20)21)25(33)29-12-10-23(32)35-2/h3-9,11,13-14H,10,12H2,1-2H3,(H,29,33)(H2,30,31,34). The van der Waals surface area contributed by atoms with Crippen molar-refractivity contribution in [2.75, 3.05) is 24.3 Å². The van der Waals surface area contributed by atoms with Gasteiger partial charge in [-0.05, 0) is 55.0 Å². The van der Waals surface area contributed by atoms with Gasteiger partial charge in [-0.3, -0.25) is 14.6 Å². The Balaban J connectivity index is 1.40. The van der Waals surface area contributed by atoms with Crippen LogP contribution in [0.5, 0.6) is 11.5 Å². The Morgan fingerprint density at radius 2 is 1.81 bits per heavy atom. The highest BCUT2D eigenvalue weighted by molar-refractivity contribution is 7.21. The van der Waals surface area contributed by atoms with E-state index in [-0.39, 0.29) is 24.6 Å². The maximum atomic E-state index is 13.9. The van der Waals surface area contributed by atoms with Gasteiger partial charge in [0.1, 0.15) is 17.3 Å². The maximum Gasteiger partial charge on any atom is 0.323 e. The minimum Gasteiger partial charge on any atom is -0.469 e. The lowest BCUT2D eigenvalue weighted by Crippen LogP contribution is -2.25. The van der Waals surface area contributed by atoms with Gasteiger partial charge < -0.3 is 25.4 Å². The Kier molecular flexibility index (Phi) is 7.94. The average molecular weight is 523 g/mol. The summed E-state index contributed by atoms with van der Waals surface area (Å²) in [6, 6.07) is 13.9. The number of rotatable bonds is 8. The van der Waals surface area contributed by atoms with Gasteiger partial charge in [0.2, 0.25) is 0 Å². The number of ether oxygens (including phenoxy) is 2. The van der Waals surface area contributed by atoms with Crippen molar-refractivity contribution in [1.82, 2.24) is 10.3 Å². The molecule has 2 aromatic carbocycles. The number of nitrogens with zero attached hydrogens (tertiary/aromatic N) is 1. The molecule has 0 spiro atoms. The lowest BCUT2D eigenvalue weighted by Gasteiger charge is -2.10. The summed E-state index contributed by atoms with van der Waals surface area (Å²) in [6.07, 6.45) is 1.66. The minimum atomic E-state index is -0.579. The van der Waals surface area contributed by atoms with Gasteiger partial charge in [0.05, 0.1) is 34.3 Å². The molecule has 0 saturated carbocycles. The number of esters is 1. The van der Waals surface area contributed by atoms with Crippen LogP contribution in [0.2, 0.25) is 0 Å². The van der Waals surface area contributed by atoms with Gasteiger partial charge in [-0.15, -0.1) is 11.3 Å². The predicted octanol–water partition coefficient (Wildman–Crippen LogP) is 5.47. The summed E-state index contributed by atoms with van der Waals surface area (Å²) in [6.45, 7) is 1.96. The Hall–Kier alpha value is -4.51. The number of methoxy groups -OCH3 is 1. The number of fused-ring (bicyclic) bond motifs is 1. The van der Waals surface area contributed by atoms with E-state index in [4.69, 9.17) is 4.74 Å². The van der Waals surface area contributed by atoms with Crippen LogP contribution in [0, 0.1) is 12.7 Å². The van der Waals surface area contributed by atoms with Crippen molar-refractivity contribution in [1.29, 1.82) is 0 Å². The van der Waals surface area contributed by atoms with E-state index < -0.39 is 17.8 Å². The molecule has 2 heterocycles. The molecule has 0 unspecified atom stereocenters. The first-order chi connectivity index (χ1) is 17.8. The van der Waals surface area contributed by atoms with Crippen molar-refractivity contribution in [3.8, 4) is 11.5 Å². The number of halogens is 1. The molecular formula is C26H23FN4O5S. The first kappa shape index (κ1) is 25.6. The van der Waals surface area contributed by atoms with Crippen molar-refractivity contribution in [2.24, 2.45) is 0 Å². The Labute approximate surface area is 215 Å². The number of anilines is 2. The Bertz CT molecular complexity index is 1460. The molecule has 2 aromatic heterocycles. The molecule has 9 nitrogen and oxygen atoms in total. The zero-order valence-electron chi connectivity index (χ0n) is 20.0. The van der Waals surface area contributed by atoms with E-state index in [0.717, 1.165) is 5.56 Å². The van der Waals surface area contributed by atoms with Crippen molar-refractivity contribution in [3.63, 3.8) is 0 Å². The van der Waals surface area contributed by atoms with Crippen LogP contribution in [0.1, 0.15) is 21.7 Å². The van der Waals surface area contributed by atoms with Gasteiger partial charge in [0.15, 0.2) is 0 Å². The van der Waals surface area contributed by atoms with Gasteiger partial charge >= 0.3 is 12.0 Å². The number of aromatic nitrogens is 1. The quantitative estimate of drug-likeness (QED) is 0.264. The summed E-state index contributed by atoms with van der Waals surface area (Å²) in [7, 11) is 1.29. The molecule has 37 heavy (non-hydrogen) atoms. The Morgan fingerprint density at radius 3 is 2.57 bits per heavy atom. The van der Waals surface area contributed by atoms with Gasteiger partial charge in [-0.2, -0.15) is 0 Å². The van der Waals surface area contributed by atoms with Gasteiger partial charge in [-0.1, -0.05) is 6.07 Å². The van der Waals surface area contributed by atoms with Crippen LogP contribution in [-0.2, 0) is 9.53 Å². The lowest BCUT2D eigenvalue weighted by atomic mass is 10.2. The minimum absolute atomic E-state index is 0.0784. The van der Waals surface area contributed by atoms with Crippen molar-refractivity contribution >= 4 is 50.8 Å². The van der Waals surface area contributed by atoms with Crippen LogP contribution < -0.4 is 20.7 Å². The number of nitrogens with one attached hydrogen (secondary N) is 3. The van der Waals surface area contributed by atoms with Crippen molar-refractivity contribution < 1.29 is 28.2 Å². The van der Waals surface area contributed by atoms with Crippen LogP contribution in [0.3, 0.4) is 0 Å². The van der Waals surface area contributed by atoms with Crippen LogP contribution >= 0.6 is 11.3 Å². The number of urea groups is 1. The third-order valence-corrected chi connectivity index (χ3v) is 6.29. The monoisotopic (exact) mass is 522 g/mol. The topological polar surface area (TPSA) is 119 Å². The SMILES string of the molecule is COC(=O)CCNC(=O)c1cc2nccc(Oc3ccc(NC(=O)Nc4cc(C)ccc4F)cc3)c2s1. The molecule has 11 heteroatoms. The molecule has 3 amide bonds. The molecule has 4 aromatic rings. The van der Waals surface area contributed by atoms with Gasteiger partial charge in [-0.25, -0.2) is 9.18 Å². The number of hydrogen-bond acceptors (Lipinski definition) is 7. The number of carbonyl (C=O) groups excluding carboxylic acids is 3. The number of thiophene rings is 1. The normalized spacial score (nSPS) is 10.6. The maximum absolute atomic E-state index is 13.9. The molecule has 0 aliphatic rings. The van der Waals surface area contributed by atoms with E-state index in [2.05, 4.69) is 25.7 Å². The van der Waals surface area contributed by atoms with E-state index in [0.29, 0.717) is 32.3 Å². The zero-order valence-corrected chi connectivity index (χ0v) is 20.8. The highest BCUT2D eigenvalue weighted by Gasteiger charge is 2.15. The summed E-state index contributed by atoms with van der Waals surface area (Å²) >= 11 is 1.22. The fourth-order valence-corrected chi connectivity index (χ4v) is 4.31. The van der Waals surface area contributed by atoms with Crippen LogP contribution in [0.25, 0.3) is 10.2 Å². The van der Waals surface area contributed by atoms with Crippen LogP contribution in [0.4, 0.5) is 20.6 Å². The number of aryl methyl sites for hydroxylation is 1. The molecule has 0 bridgehead atoms. The Morgan fingerprint density at radius 1 is 1.03 bits per heavy atom. The smallest absolute Gasteiger partial charge is 0.323 e. The highest BCUT2D eigenvalue weighted by atomic mass is 32.1. The zero-order chi connectivity index (χ0) is 26.4. The molecule has 0 saturated heterocycles. The summed E-state index contributed by atoms with van der Waals surface area (Å²) < 4.78 is 25.1. The lowest BCUT2D eigenvalue weighted by molar-refractivity contribution is -0.140. The van der Waals surface area contributed by atoms with E-state index in [1.807, 2.05) is 0 Å². The number of benzene rings is 2. The first-order valence-electron chi connectivity index (χ1n) is 11.2. The fraction of sp³-hybridized carbons (Fsp3) is 0.154. The molecule has 0 aliphatic heterocycles. The molecule has 0 aliphatic carbocycles. The third-order valence-electron chi connectivity index (χ3n) is 5.15. The summed E-state index contributed by atoms with van der Waals surface area (Å²) in [4.78, 5) is 40.7. The van der Waals surface area contributed by atoms with Gasteiger partial charge in [0, 0.05) is 24.5 Å². The molecule has 0 radical (unpaired) electrons. The second-order valence-corrected chi connectivity index (χ2v) is 8.96. The largest absolute Gasteiger partial charge is 0.469 e. The number of pyridine rings is 1. The number of hydrogen-bond donors (Lipinski definition) is 3. The van der Waals surface area contributed by atoms with Crippen molar-refractivity contribution in [2.45, 2.75) is 13.3 Å². The predicted molar refractivity (Wildman–Crippen MR) is 139 cm³/mol. The van der Waals surface area contributed by atoms with Gasteiger partial charge in [0.25, 0.3) is 5.91 Å². The molecule has 190 valence electrons. The molecule has 0 fully saturated rings. The number of amides is 3. The molecular weight excluding hydrogens is 499 g/mol. The van der Waals surface area contributed by atoms with E-state index in [1.165, 1.54) is 24.5 Å². The summed E-state index contributed by atoms with van der Waals surface area (Å²) in [5.74, 6) is -0.241. The molecule has 4 rings (SSSR count). The van der Waals surface area contributed by atoms with Crippen LogP contribution in [0.15, 0.2) is 60.8 Å². The second-order valence-electron chi connectivity index (χ2n) is 7.91. The fourth-order valence-electron chi connectivity index (χ4n) is 3.33. The summed E-state index contributed by atoms with van der Waals surface area (Å²) in [5, 5.41) is 7.82. The molecule has 3 N–H and O–H groups in total. The first-order valence-corrected chi connectivity index (χ1v) is 12.0. The molecule has 0 atom stereocenters. The highest BCUT2D eigenvalue weighted by Crippen LogP contribution is 2.35. The van der Waals surface area contributed by atoms with Crippen LogP contribution in [-0.4, -0.2) is 36.5 Å². The summed E-state index contributed by atoms with van der Waals surface area (Å²) in [5.41, 5.74) is 1.99. The average Bonchev–Trinajstić information content (AvgIpc) is 3.33.